The molecule has 71 heavy (non-hydrogen) atoms. The average molecular weight is 1070 g/mol. The highest BCUT2D eigenvalue weighted by Crippen LogP contribution is 2.33. The van der Waals surface area contributed by atoms with Gasteiger partial charge in [0.15, 0.2) is 0 Å². The minimum atomic E-state index is -4.68. The molecule has 6 rings (SSSR count). The number of hydrogen-bond donors (Lipinski definition) is 3. The number of carboxylic acids is 1. The topological polar surface area (TPSA) is 166 Å². The molecule has 0 radical (unpaired) electrons. The van der Waals surface area contributed by atoms with Gasteiger partial charge in [0.05, 0.1) is 49.5 Å². The summed E-state index contributed by atoms with van der Waals surface area (Å²) in [5.74, 6) is -3.42. The minimum Gasteiger partial charge on any atom is -0.480 e. The van der Waals surface area contributed by atoms with Gasteiger partial charge in [-0.05, 0) is 83.6 Å². The van der Waals surface area contributed by atoms with Crippen LogP contribution in [0.15, 0.2) is 107 Å². The molecule has 2 heterocycles. The van der Waals surface area contributed by atoms with Crippen LogP contribution in [0.4, 0.5) is 26.3 Å². The zero-order valence-corrected chi connectivity index (χ0v) is 40.8. The number of carbonyl (C=O) groups is 4. The van der Waals surface area contributed by atoms with E-state index in [-0.39, 0.29) is 66.3 Å². The normalized spacial score (nSPS) is 12.3. The van der Waals surface area contributed by atoms with Crippen LogP contribution in [0.5, 0.6) is 0 Å². The van der Waals surface area contributed by atoms with Gasteiger partial charge in [-0.1, -0.05) is 107 Å². The molecule has 0 saturated carbocycles. The maximum absolute atomic E-state index is 13.2. The lowest BCUT2D eigenvalue weighted by atomic mass is 9.98. The lowest BCUT2D eigenvalue weighted by molar-refractivity contribution is -0.144. The van der Waals surface area contributed by atoms with E-state index in [1.165, 1.54) is 69.5 Å². The van der Waals surface area contributed by atoms with Crippen LogP contribution in [0.3, 0.4) is 0 Å². The Balaban J connectivity index is 0.000000264. The summed E-state index contributed by atoms with van der Waals surface area (Å²) in [5.41, 5.74) is -1.28. The molecule has 0 saturated heterocycles. The number of rotatable bonds is 12. The van der Waals surface area contributed by atoms with Crippen molar-refractivity contribution in [3.8, 4) is 22.3 Å². The maximum atomic E-state index is 13.2. The summed E-state index contributed by atoms with van der Waals surface area (Å²) < 4.78 is 85.1. The number of carboxylic acid groups (broad SMARTS) is 1. The molecule has 0 fully saturated rings. The Hall–Kier alpha value is -6.60. The average Bonchev–Trinajstić information content (AvgIpc) is 3.28. The molecule has 2 atom stereocenters. The number of alkyl halides is 6. The smallest absolute Gasteiger partial charge is 0.431 e. The van der Waals surface area contributed by atoms with E-state index in [1.54, 1.807) is 36.4 Å². The molecule has 0 aliphatic rings. The molecular formula is C49H40Cl4F6N4O8. The Morgan fingerprint density at radius 3 is 1.23 bits per heavy atom. The zero-order chi connectivity index (χ0) is 52.9. The van der Waals surface area contributed by atoms with Gasteiger partial charge < -0.3 is 29.6 Å². The Kier molecular flexibility index (Phi) is 17.7. The largest absolute Gasteiger partial charge is 0.480 e. The van der Waals surface area contributed by atoms with Crippen molar-refractivity contribution < 1.29 is 55.4 Å². The summed E-state index contributed by atoms with van der Waals surface area (Å²) in [5, 5.41) is 14.9. The number of amides is 2. The van der Waals surface area contributed by atoms with E-state index >= 15 is 0 Å². The number of hydrogen-bond acceptors (Lipinski definition) is 7. The first-order valence-corrected chi connectivity index (χ1v) is 22.2. The zero-order valence-electron chi connectivity index (χ0n) is 37.8. The molecule has 0 aliphatic carbocycles. The highest BCUT2D eigenvalue weighted by Gasteiger charge is 2.36. The molecule has 2 amide bonds. The van der Waals surface area contributed by atoms with Crippen LogP contribution in [0.1, 0.15) is 54.4 Å². The number of aliphatic carboxylic acids is 1. The van der Waals surface area contributed by atoms with E-state index in [4.69, 9.17) is 51.1 Å². The number of aryl methyl sites for hydroxylation is 2. The van der Waals surface area contributed by atoms with Gasteiger partial charge in [-0.25, -0.2) is 9.59 Å². The summed E-state index contributed by atoms with van der Waals surface area (Å²) in [6, 6.07) is 20.9. The minimum absolute atomic E-state index is 0.0127. The summed E-state index contributed by atoms with van der Waals surface area (Å²) in [4.78, 5) is 74.7. The predicted molar refractivity (Wildman–Crippen MR) is 256 cm³/mol. The molecule has 6 aromatic rings. The highest BCUT2D eigenvalue weighted by molar-refractivity contribution is 6.40. The van der Waals surface area contributed by atoms with Gasteiger partial charge >= 0.3 is 24.3 Å². The van der Waals surface area contributed by atoms with Gasteiger partial charge in [-0.15, -0.1) is 0 Å². The third kappa shape index (κ3) is 13.0. The van der Waals surface area contributed by atoms with Crippen molar-refractivity contribution in [2.45, 2.75) is 51.1 Å². The number of aromatic nitrogens is 2. The van der Waals surface area contributed by atoms with E-state index in [2.05, 4.69) is 10.6 Å². The molecule has 3 N–H and O–H groups in total. The first kappa shape index (κ1) is 55.3. The van der Waals surface area contributed by atoms with E-state index < -0.39 is 70.7 Å². The number of benzene rings is 4. The fourth-order valence-electron chi connectivity index (χ4n) is 7.40. The van der Waals surface area contributed by atoms with Gasteiger partial charge in [0, 0.05) is 26.9 Å². The maximum Gasteiger partial charge on any atom is 0.431 e. The molecule has 2 unspecified atom stereocenters. The Morgan fingerprint density at radius 1 is 0.592 bits per heavy atom. The number of ether oxygens (including phenoxy) is 1. The molecule has 0 spiro atoms. The lowest BCUT2D eigenvalue weighted by Crippen LogP contribution is -2.43. The summed E-state index contributed by atoms with van der Waals surface area (Å²) >= 11 is 24.2. The monoisotopic (exact) mass is 1070 g/mol. The SMILES string of the molecule is COC(=O)C(Cc1ccc(-c2c(C)cc(C(F)(F)F)n(C)c2=O)cc1)NC(=O)c1c(Cl)cccc1Cl.Cc1cc(C(F)(F)F)n(C)c(=O)c1-c1ccc(CC(NC(=O)c2c(Cl)cccc2Cl)C(=O)O)cc1. The first-order valence-electron chi connectivity index (χ1n) is 20.7. The van der Waals surface area contributed by atoms with E-state index in [1.807, 2.05) is 0 Å². The van der Waals surface area contributed by atoms with Crippen LogP contribution in [0.25, 0.3) is 22.3 Å². The first-order chi connectivity index (χ1) is 33.2. The van der Waals surface area contributed by atoms with Gasteiger partial charge in [-0.3, -0.25) is 19.2 Å². The van der Waals surface area contributed by atoms with Crippen LogP contribution in [-0.2, 0) is 53.6 Å². The Morgan fingerprint density at radius 2 is 0.915 bits per heavy atom. The summed E-state index contributed by atoms with van der Waals surface area (Å²) in [6.45, 7) is 2.85. The van der Waals surface area contributed by atoms with Crippen LogP contribution >= 0.6 is 46.4 Å². The molecule has 4 aromatic carbocycles. The third-order valence-electron chi connectivity index (χ3n) is 11.0. The third-order valence-corrected chi connectivity index (χ3v) is 12.2. The number of nitrogens with zero attached hydrogens (tertiary/aromatic N) is 2. The van der Waals surface area contributed by atoms with Crippen LogP contribution in [0.2, 0.25) is 20.1 Å². The van der Waals surface area contributed by atoms with Crippen molar-refractivity contribution in [3.05, 3.63) is 183 Å². The van der Waals surface area contributed by atoms with Crippen molar-refractivity contribution >= 4 is 70.2 Å². The van der Waals surface area contributed by atoms with Crippen molar-refractivity contribution in [2.24, 2.45) is 14.1 Å². The quantitative estimate of drug-likeness (QED) is 0.0805. The Labute approximate surface area is 420 Å². The van der Waals surface area contributed by atoms with Gasteiger partial charge in [0.1, 0.15) is 23.5 Å². The molecule has 22 heteroatoms. The van der Waals surface area contributed by atoms with Gasteiger partial charge in [-0.2, -0.15) is 26.3 Å². The number of pyridine rings is 2. The second kappa shape index (κ2) is 22.6. The van der Waals surface area contributed by atoms with Crippen LogP contribution in [0, 0.1) is 13.8 Å². The van der Waals surface area contributed by atoms with Crippen molar-refractivity contribution in [1.29, 1.82) is 0 Å². The lowest BCUT2D eigenvalue weighted by Gasteiger charge is -2.18. The fraction of sp³-hybridized carbons (Fsp3) is 0.224. The van der Waals surface area contributed by atoms with Crippen LogP contribution < -0.4 is 21.8 Å². The van der Waals surface area contributed by atoms with E-state index in [0.717, 1.165) is 26.2 Å². The Bertz CT molecular complexity index is 3100. The number of halogens is 10. The molecule has 0 bridgehead atoms. The van der Waals surface area contributed by atoms with Crippen molar-refractivity contribution in [1.82, 2.24) is 19.8 Å². The molecule has 374 valence electrons. The fourth-order valence-corrected chi connectivity index (χ4v) is 8.54. The standard InChI is InChI=1S/C25H21Cl2F3N2O4.C24H19Cl2F3N2O4/c1-13-11-19(25(28,29)30)32(2)23(34)20(13)15-9-7-14(8-10-15)12-18(24(35)36-3)31-22(33)21-16(26)5-4-6-17(21)27;1-12-10-18(24(27,28)29)31(2)22(33)19(12)14-8-6-13(7-9-14)11-17(23(34)35)30-21(32)20-15(25)4-3-5-16(20)26/h4-11,18H,12H2,1-3H3,(H,31,33);3-10,17H,11H2,1-2H3,(H,30,32)(H,34,35). The second-order valence-electron chi connectivity index (χ2n) is 15.8. The van der Waals surface area contributed by atoms with Crippen molar-refractivity contribution in [3.63, 3.8) is 0 Å². The second-order valence-corrected chi connectivity index (χ2v) is 17.4. The van der Waals surface area contributed by atoms with Crippen LogP contribution in [-0.4, -0.2) is 57.2 Å². The molecule has 0 aliphatic heterocycles. The molecular weight excluding hydrogens is 1030 g/mol. The highest BCUT2D eigenvalue weighted by atomic mass is 35.5. The number of nitrogens with one attached hydrogen (secondary N) is 2. The van der Waals surface area contributed by atoms with E-state index in [9.17, 15) is 60.2 Å². The summed E-state index contributed by atoms with van der Waals surface area (Å²) in [6.07, 6.45) is -9.41. The predicted octanol–water partition coefficient (Wildman–Crippen LogP) is 10.3. The van der Waals surface area contributed by atoms with E-state index in [0.29, 0.717) is 31.4 Å². The molecule has 12 nitrogen and oxygen atoms in total. The number of methoxy groups -OCH3 is 1. The number of esters is 1. The molecule has 2 aromatic heterocycles. The van der Waals surface area contributed by atoms with Gasteiger partial charge in [0.2, 0.25) is 0 Å². The summed E-state index contributed by atoms with van der Waals surface area (Å²) in [7, 11) is 3.29. The van der Waals surface area contributed by atoms with Crippen molar-refractivity contribution in [2.75, 3.05) is 7.11 Å². The number of carbonyl (C=O) groups excluding carboxylic acids is 3. The van der Waals surface area contributed by atoms with Gasteiger partial charge in [0.25, 0.3) is 22.9 Å².